The molecule has 1 aliphatic heterocycles. The van der Waals surface area contributed by atoms with Crippen molar-refractivity contribution < 1.29 is 0 Å². The van der Waals surface area contributed by atoms with Crippen molar-refractivity contribution in [2.45, 2.75) is 39.3 Å². The van der Waals surface area contributed by atoms with Crippen LogP contribution in [0.2, 0.25) is 10.0 Å². The van der Waals surface area contributed by atoms with Crippen molar-refractivity contribution in [1.29, 1.82) is 0 Å². The minimum absolute atomic E-state index is 0.198. The van der Waals surface area contributed by atoms with Gasteiger partial charge in [-0.15, -0.1) is 0 Å². The third-order valence-corrected chi connectivity index (χ3v) is 5.33. The first-order valence-electron chi connectivity index (χ1n) is 8.64. The first-order valence-corrected chi connectivity index (χ1v) is 9.40. The fourth-order valence-electron chi connectivity index (χ4n) is 3.40. The van der Waals surface area contributed by atoms with Crippen LogP contribution in [0.1, 0.15) is 45.1 Å². The molecular formula is C19H20Cl2N6. The average molecular weight is 403 g/mol. The van der Waals surface area contributed by atoms with Gasteiger partial charge in [-0.25, -0.2) is 14.3 Å². The van der Waals surface area contributed by atoms with Crippen molar-refractivity contribution >= 4 is 34.6 Å². The zero-order chi connectivity index (χ0) is 19.3. The molecule has 1 atom stereocenters. The largest absolute Gasteiger partial charge is 0.344 e. The van der Waals surface area contributed by atoms with E-state index in [1.165, 1.54) is 0 Å². The zero-order valence-corrected chi connectivity index (χ0v) is 17.0. The van der Waals surface area contributed by atoms with Crippen LogP contribution in [0.15, 0.2) is 42.5 Å². The molecule has 0 unspecified atom stereocenters. The number of hydrogen-bond acceptors (Lipinski definition) is 4. The van der Waals surface area contributed by atoms with E-state index < -0.39 is 0 Å². The predicted octanol–water partition coefficient (Wildman–Crippen LogP) is 4.98. The first-order chi connectivity index (χ1) is 12.8. The first kappa shape index (κ1) is 18.1. The molecule has 1 N–H and O–H groups in total. The molecule has 0 saturated heterocycles. The fraction of sp³-hybridized carbons (Fsp3) is 0.316. The van der Waals surface area contributed by atoms with Gasteiger partial charge in [0.15, 0.2) is 5.82 Å². The molecule has 3 aromatic rings. The second-order valence-corrected chi connectivity index (χ2v) is 8.38. The molecule has 0 amide bonds. The van der Waals surface area contributed by atoms with Crippen molar-refractivity contribution in [3.05, 3.63) is 63.9 Å². The molecule has 4 rings (SSSR count). The lowest BCUT2D eigenvalue weighted by Gasteiger charge is -2.32. The van der Waals surface area contributed by atoms with Gasteiger partial charge < -0.3 is 5.32 Å². The van der Waals surface area contributed by atoms with Gasteiger partial charge in [-0.05, 0) is 45.4 Å². The van der Waals surface area contributed by atoms with Crippen LogP contribution in [0.3, 0.4) is 0 Å². The molecule has 27 heavy (non-hydrogen) atoms. The minimum Gasteiger partial charge on any atom is -0.344 e. The molecule has 0 saturated carbocycles. The van der Waals surface area contributed by atoms with Crippen LogP contribution in [0.4, 0.5) is 5.82 Å². The van der Waals surface area contributed by atoms with E-state index >= 15 is 0 Å². The highest BCUT2D eigenvalue weighted by atomic mass is 35.5. The van der Waals surface area contributed by atoms with Crippen LogP contribution in [-0.2, 0) is 5.54 Å². The summed E-state index contributed by atoms with van der Waals surface area (Å²) in [5.41, 5.74) is 2.76. The highest BCUT2D eigenvalue weighted by Gasteiger charge is 2.34. The van der Waals surface area contributed by atoms with Crippen LogP contribution in [0.5, 0.6) is 0 Å². The molecule has 140 valence electrons. The Kier molecular flexibility index (Phi) is 4.28. The van der Waals surface area contributed by atoms with E-state index in [2.05, 4.69) is 41.3 Å². The Labute approximate surface area is 167 Å². The Bertz CT molecular complexity index is 1040. The van der Waals surface area contributed by atoms with Crippen LogP contribution in [-0.4, -0.2) is 24.5 Å². The molecule has 3 heterocycles. The lowest BCUT2D eigenvalue weighted by atomic mass is 9.94. The number of rotatable bonds is 2. The standard InChI is InChI=1S/C19H20Cl2N6/c1-11-16(18-22-10-24-27(18)19(2,3)4)17(26-15(25-11)7-8-23-26)12-5-6-13(20)14(21)9-12/h5-10,17,25H,1-4H3/t17-/m1/s1. The summed E-state index contributed by atoms with van der Waals surface area (Å²) >= 11 is 12.5. The van der Waals surface area contributed by atoms with Crippen LogP contribution < -0.4 is 5.32 Å². The molecule has 1 aromatic carbocycles. The second kappa shape index (κ2) is 6.39. The number of fused-ring (bicyclic) bond motifs is 1. The Balaban J connectivity index is 1.96. The third kappa shape index (κ3) is 3.03. The summed E-state index contributed by atoms with van der Waals surface area (Å²) in [4.78, 5) is 4.58. The topological polar surface area (TPSA) is 60.6 Å². The Morgan fingerprint density at radius 2 is 1.85 bits per heavy atom. The van der Waals surface area contributed by atoms with E-state index in [0.29, 0.717) is 10.0 Å². The van der Waals surface area contributed by atoms with Crippen molar-refractivity contribution in [1.82, 2.24) is 24.5 Å². The minimum atomic E-state index is -0.217. The van der Waals surface area contributed by atoms with Gasteiger partial charge in [-0.3, -0.25) is 0 Å². The molecule has 0 fully saturated rings. The van der Waals surface area contributed by atoms with E-state index in [1.807, 2.05) is 40.6 Å². The van der Waals surface area contributed by atoms with Gasteiger partial charge in [0, 0.05) is 17.3 Å². The SMILES string of the molecule is CC1=C(c2ncnn2C(C)(C)C)[C@@H](c2ccc(Cl)c(Cl)c2)n2nccc2N1. The van der Waals surface area contributed by atoms with Gasteiger partial charge in [0.1, 0.15) is 18.2 Å². The second-order valence-electron chi connectivity index (χ2n) is 7.57. The van der Waals surface area contributed by atoms with Gasteiger partial charge in [-0.1, -0.05) is 29.3 Å². The van der Waals surface area contributed by atoms with E-state index in [1.54, 1.807) is 12.5 Å². The molecular weight excluding hydrogens is 383 g/mol. The molecule has 0 aliphatic carbocycles. The molecule has 6 nitrogen and oxygen atoms in total. The number of aromatic nitrogens is 5. The Hall–Kier alpha value is -2.31. The summed E-state index contributed by atoms with van der Waals surface area (Å²) in [6, 6.07) is 7.42. The monoisotopic (exact) mass is 402 g/mol. The molecule has 0 bridgehead atoms. The molecule has 0 radical (unpaired) electrons. The van der Waals surface area contributed by atoms with Crippen molar-refractivity contribution in [3.63, 3.8) is 0 Å². The molecule has 8 heteroatoms. The summed E-state index contributed by atoms with van der Waals surface area (Å²) in [6.07, 6.45) is 3.36. The van der Waals surface area contributed by atoms with Crippen molar-refractivity contribution in [3.8, 4) is 0 Å². The number of allylic oxidation sites excluding steroid dienone is 2. The maximum atomic E-state index is 6.32. The number of nitrogens with zero attached hydrogens (tertiary/aromatic N) is 5. The molecule has 0 spiro atoms. The maximum absolute atomic E-state index is 6.32. The quantitative estimate of drug-likeness (QED) is 0.656. The van der Waals surface area contributed by atoms with Gasteiger partial charge in [0.2, 0.25) is 0 Å². The Morgan fingerprint density at radius 3 is 2.56 bits per heavy atom. The number of benzene rings is 1. The average Bonchev–Trinajstić information content (AvgIpc) is 3.24. The molecule has 1 aliphatic rings. The van der Waals surface area contributed by atoms with Crippen LogP contribution in [0, 0.1) is 0 Å². The fourth-order valence-corrected chi connectivity index (χ4v) is 3.71. The van der Waals surface area contributed by atoms with E-state index in [-0.39, 0.29) is 11.6 Å². The van der Waals surface area contributed by atoms with Crippen molar-refractivity contribution in [2.75, 3.05) is 5.32 Å². The van der Waals surface area contributed by atoms with Crippen molar-refractivity contribution in [2.24, 2.45) is 0 Å². The van der Waals surface area contributed by atoms with Gasteiger partial charge in [0.25, 0.3) is 0 Å². The van der Waals surface area contributed by atoms with E-state index in [9.17, 15) is 0 Å². The zero-order valence-electron chi connectivity index (χ0n) is 15.5. The Morgan fingerprint density at radius 1 is 1.07 bits per heavy atom. The lowest BCUT2D eigenvalue weighted by molar-refractivity contribution is 0.349. The highest BCUT2D eigenvalue weighted by Crippen LogP contribution is 2.42. The number of halogens is 2. The van der Waals surface area contributed by atoms with Crippen LogP contribution >= 0.6 is 23.2 Å². The number of nitrogens with one attached hydrogen (secondary N) is 1. The van der Waals surface area contributed by atoms with E-state index in [0.717, 1.165) is 28.5 Å². The van der Waals surface area contributed by atoms with Gasteiger partial charge in [0.05, 0.1) is 21.8 Å². The van der Waals surface area contributed by atoms with Crippen LogP contribution in [0.25, 0.3) is 5.57 Å². The smallest absolute Gasteiger partial charge is 0.158 e. The maximum Gasteiger partial charge on any atom is 0.158 e. The number of anilines is 1. The summed E-state index contributed by atoms with van der Waals surface area (Å²) in [5.74, 6) is 1.71. The normalized spacial score (nSPS) is 17.0. The summed E-state index contributed by atoms with van der Waals surface area (Å²) in [5, 5.41) is 13.5. The predicted molar refractivity (Wildman–Crippen MR) is 108 cm³/mol. The third-order valence-electron chi connectivity index (χ3n) is 4.59. The summed E-state index contributed by atoms with van der Waals surface area (Å²) in [7, 11) is 0. The summed E-state index contributed by atoms with van der Waals surface area (Å²) in [6.45, 7) is 8.35. The van der Waals surface area contributed by atoms with E-state index in [4.69, 9.17) is 23.2 Å². The van der Waals surface area contributed by atoms with Gasteiger partial charge in [-0.2, -0.15) is 10.2 Å². The highest BCUT2D eigenvalue weighted by molar-refractivity contribution is 6.42. The number of hydrogen-bond donors (Lipinski definition) is 1. The van der Waals surface area contributed by atoms with Gasteiger partial charge >= 0.3 is 0 Å². The molecule has 2 aromatic heterocycles. The lowest BCUT2D eigenvalue weighted by Crippen LogP contribution is -2.30. The summed E-state index contributed by atoms with van der Waals surface area (Å²) < 4.78 is 3.87.